The number of benzene rings is 3. The average molecular weight is 380 g/mol. The Bertz CT molecular complexity index is 1240. The van der Waals surface area contributed by atoms with Gasteiger partial charge < -0.3 is 0 Å². The Hall–Kier alpha value is -3.73. The molecule has 0 saturated carbocycles. The fourth-order valence-electron chi connectivity index (χ4n) is 3.98. The van der Waals surface area contributed by atoms with E-state index in [4.69, 9.17) is 0 Å². The number of carbonyl (C=O) groups excluding carboxylic acids is 1. The van der Waals surface area contributed by atoms with Gasteiger partial charge in [0.25, 0.3) is 5.91 Å². The summed E-state index contributed by atoms with van der Waals surface area (Å²) in [4.78, 5) is 12.5. The number of aryl methyl sites for hydroxylation is 2. The quantitative estimate of drug-likeness (QED) is 0.405. The van der Waals surface area contributed by atoms with Gasteiger partial charge in [0.15, 0.2) is 0 Å². The van der Waals surface area contributed by atoms with Gasteiger partial charge in [0.1, 0.15) is 5.69 Å². The zero-order valence-corrected chi connectivity index (χ0v) is 16.1. The highest BCUT2D eigenvalue weighted by Gasteiger charge is 2.18. The molecule has 5 heteroatoms. The first-order valence-corrected chi connectivity index (χ1v) is 9.70. The Morgan fingerprint density at radius 3 is 2.62 bits per heavy atom. The number of H-pyrrole nitrogens is 1. The number of hydrazone groups is 1. The van der Waals surface area contributed by atoms with E-state index in [1.807, 2.05) is 37.3 Å². The Labute approximate surface area is 168 Å². The smallest absolute Gasteiger partial charge is 0.272 e. The third-order valence-corrected chi connectivity index (χ3v) is 5.49. The number of hydrogen-bond donors (Lipinski definition) is 2. The van der Waals surface area contributed by atoms with E-state index in [2.05, 4.69) is 51.1 Å². The minimum atomic E-state index is -0.315. The number of hydrogen-bond acceptors (Lipinski definition) is 3. The van der Waals surface area contributed by atoms with Gasteiger partial charge in [0, 0.05) is 5.56 Å². The predicted molar refractivity (Wildman–Crippen MR) is 115 cm³/mol. The molecule has 0 spiro atoms. The molecule has 142 valence electrons. The molecule has 0 atom stereocenters. The molecule has 0 fully saturated rings. The topological polar surface area (TPSA) is 70.1 Å². The van der Waals surface area contributed by atoms with Crippen LogP contribution in [0, 0.1) is 0 Å². The maximum Gasteiger partial charge on any atom is 0.289 e. The predicted octanol–water partition coefficient (Wildman–Crippen LogP) is 4.48. The SMILES string of the molecule is C/C(=N/NC(=O)c1cc(-c2ccc3c4c(cccc24)CC3)n[nH]1)c1ccccc1. The molecule has 0 unspecified atom stereocenters. The molecular formula is C24H20N4O. The highest BCUT2D eigenvalue weighted by Crippen LogP contribution is 2.36. The van der Waals surface area contributed by atoms with E-state index >= 15 is 0 Å². The number of nitrogens with zero attached hydrogens (tertiary/aromatic N) is 2. The van der Waals surface area contributed by atoms with Crippen LogP contribution in [-0.2, 0) is 12.8 Å². The van der Waals surface area contributed by atoms with Crippen LogP contribution in [0.25, 0.3) is 22.0 Å². The van der Waals surface area contributed by atoms with Crippen molar-refractivity contribution in [3.63, 3.8) is 0 Å². The number of rotatable bonds is 4. The number of aromatic nitrogens is 2. The van der Waals surface area contributed by atoms with Gasteiger partial charge in [-0.05, 0) is 53.3 Å². The van der Waals surface area contributed by atoms with Crippen LogP contribution >= 0.6 is 0 Å². The highest BCUT2D eigenvalue weighted by atomic mass is 16.2. The minimum absolute atomic E-state index is 0.315. The van der Waals surface area contributed by atoms with Gasteiger partial charge in [-0.3, -0.25) is 9.89 Å². The average Bonchev–Trinajstić information content (AvgIpc) is 3.42. The molecule has 2 N–H and O–H groups in total. The lowest BCUT2D eigenvalue weighted by Crippen LogP contribution is -2.19. The van der Waals surface area contributed by atoms with Gasteiger partial charge in [-0.2, -0.15) is 10.2 Å². The zero-order chi connectivity index (χ0) is 19.8. The lowest BCUT2D eigenvalue weighted by molar-refractivity contribution is 0.0950. The molecule has 29 heavy (non-hydrogen) atoms. The first-order chi connectivity index (χ1) is 14.2. The van der Waals surface area contributed by atoms with E-state index in [1.54, 1.807) is 6.07 Å². The molecule has 1 aliphatic rings. The third-order valence-electron chi connectivity index (χ3n) is 5.49. The fraction of sp³-hybridized carbons (Fsp3) is 0.125. The van der Waals surface area contributed by atoms with Crippen molar-refractivity contribution >= 4 is 22.4 Å². The summed E-state index contributed by atoms with van der Waals surface area (Å²) >= 11 is 0. The lowest BCUT2D eigenvalue weighted by Gasteiger charge is -2.06. The van der Waals surface area contributed by atoms with E-state index in [0.717, 1.165) is 35.4 Å². The van der Waals surface area contributed by atoms with Crippen LogP contribution in [0.2, 0.25) is 0 Å². The Balaban J connectivity index is 1.42. The van der Waals surface area contributed by atoms with E-state index < -0.39 is 0 Å². The Kier molecular flexibility index (Phi) is 4.21. The van der Waals surface area contributed by atoms with Crippen molar-refractivity contribution < 1.29 is 4.79 Å². The van der Waals surface area contributed by atoms with E-state index in [-0.39, 0.29) is 5.91 Å². The highest BCUT2D eigenvalue weighted by molar-refractivity contribution is 6.03. The van der Waals surface area contributed by atoms with Crippen molar-refractivity contribution in [3.8, 4) is 11.3 Å². The second kappa shape index (κ2) is 7.02. The molecule has 1 amide bonds. The van der Waals surface area contributed by atoms with Gasteiger partial charge in [0.05, 0.1) is 11.4 Å². The molecule has 4 aromatic rings. The van der Waals surface area contributed by atoms with E-state index in [0.29, 0.717) is 5.69 Å². The van der Waals surface area contributed by atoms with Crippen molar-refractivity contribution in [2.24, 2.45) is 5.10 Å². The maximum absolute atomic E-state index is 12.5. The van der Waals surface area contributed by atoms with Gasteiger partial charge >= 0.3 is 0 Å². The number of aromatic amines is 1. The van der Waals surface area contributed by atoms with E-state index in [1.165, 1.54) is 21.9 Å². The van der Waals surface area contributed by atoms with E-state index in [9.17, 15) is 4.79 Å². The summed E-state index contributed by atoms with van der Waals surface area (Å²) in [5.41, 5.74) is 9.26. The Morgan fingerprint density at radius 1 is 1.00 bits per heavy atom. The summed E-state index contributed by atoms with van der Waals surface area (Å²) in [7, 11) is 0. The fourth-order valence-corrected chi connectivity index (χ4v) is 3.98. The molecule has 5 nitrogen and oxygen atoms in total. The molecule has 0 bridgehead atoms. The Morgan fingerprint density at radius 2 is 1.79 bits per heavy atom. The summed E-state index contributed by atoms with van der Waals surface area (Å²) in [5, 5.41) is 14.0. The normalized spacial score (nSPS) is 13.1. The molecule has 3 aromatic carbocycles. The molecule has 5 rings (SSSR count). The summed E-state index contributed by atoms with van der Waals surface area (Å²) in [6.45, 7) is 1.86. The van der Waals surface area contributed by atoms with Crippen molar-refractivity contribution in [1.82, 2.24) is 15.6 Å². The molecular weight excluding hydrogens is 360 g/mol. The zero-order valence-electron chi connectivity index (χ0n) is 16.1. The van der Waals surface area contributed by atoms with Crippen molar-refractivity contribution in [1.29, 1.82) is 0 Å². The summed E-state index contributed by atoms with van der Waals surface area (Å²) in [6, 6.07) is 22.2. The number of carbonyl (C=O) groups is 1. The summed E-state index contributed by atoms with van der Waals surface area (Å²) in [6.07, 6.45) is 2.17. The van der Waals surface area contributed by atoms with Crippen LogP contribution in [0.1, 0.15) is 34.1 Å². The first kappa shape index (κ1) is 17.4. The van der Waals surface area contributed by atoms with Gasteiger partial charge in [-0.25, -0.2) is 5.43 Å². The third kappa shape index (κ3) is 3.10. The molecule has 0 aliphatic heterocycles. The minimum Gasteiger partial charge on any atom is -0.272 e. The van der Waals surface area contributed by atoms with Crippen LogP contribution in [0.4, 0.5) is 0 Å². The van der Waals surface area contributed by atoms with Crippen LogP contribution < -0.4 is 5.43 Å². The van der Waals surface area contributed by atoms with Crippen LogP contribution in [0.15, 0.2) is 71.8 Å². The summed E-state index contributed by atoms with van der Waals surface area (Å²) < 4.78 is 0. The molecule has 0 radical (unpaired) electrons. The summed E-state index contributed by atoms with van der Waals surface area (Å²) in [5.74, 6) is -0.315. The first-order valence-electron chi connectivity index (χ1n) is 9.70. The number of amides is 1. The molecule has 1 aliphatic carbocycles. The second-order valence-corrected chi connectivity index (χ2v) is 7.28. The second-order valence-electron chi connectivity index (χ2n) is 7.28. The largest absolute Gasteiger partial charge is 0.289 e. The lowest BCUT2D eigenvalue weighted by atomic mass is 9.98. The monoisotopic (exact) mass is 380 g/mol. The standard InChI is InChI=1S/C24H20N4O/c1-15(16-6-3-2-4-7-16)25-28-24(29)22-14-21(26-27-22)19-13-12-18-11-10-17-8-5-9-20(19)23(17)18/h2-9,12-14H,10-11H2,1H3,(H,26,27)(H,28,29)/b25-15-. The molecule has 0 saturated heterocycles. The van der Waals surface area contributed by atoms with Crippen molar-refractivity contribution in [2.45, 2.75) is 19.8 Å². The van der Waals surface area contributed by atoms with Crippen molar-refractivity contribution in [3.05, 3.63) is 89.1 Å². The molecule has 1 aromatic heterocycles. The van der Waals surface area contributed by atoms with Crippen LogP contribution in [-0.4, -0.2) is 21.8 Å². The van der Waals surface area contributed by atoms with Gasteiger partial charge in [-0.15, -0.1) is 0 Å². The maximum atomic E-state index is 12.5. The number of nitrogens with one attached hydrogen (secondary N) is 2. The molecule has 1 heterocycles. The van der Waals surface area contributed by atoms with Gasteiger partial charge in [-0.1, -0.05) is 60.7 Å². The van der Waals surface area contributed by atoms with Crippen LogP contribution in [0.5, 0.6) is 0 Å². The van der Waals surface area contributed by atoms with Gasteiger partial charge in [0.2, 0.25) is 0 Å². The van der Waals surface area contributed by atoms with Crippen molar-refractivity contribution in [2.75, 3.05) is 0 Å². The van der Waals surface area contributed by atoms with Crippen LogP contribution in [0.3, 0.4) is 0 Å².